The highest BCUT2D eigenvalue weighted by Crippen LogP contribution is 2.25. The summed E-state index contributed by atoms with van der Waals surface area (Å²) in [6.45, 7) is 4.35. The Kier molecular flexibility index (Phi) is 9.39. The molecule has 0 heterocycles. The Morgan fingerprint density at radius 3 is 2.68 bits per heavy atom. The molecule has 1 aromatic carbocycles. The summed E-state index contributed by atoms with van der Waals surface area (Å²) >= 11 is 6.01. The van der Waals surface area contributed by atoms with Gasteiger partial charge in [0.15, 0.2) is 0 Å². The van der Waals surface area contributed by atoms with Gasteiger partial charge in [-0.2, -0.15) is 0 Å². The molecule has 0 aliphatic carbocycles. The molecule has 4 nitrogen and oxygen atoms in total. The second-order valence-corrected chi connectivity index (χ2v) is 4.23. The van der Waals surface area contributed by atoms with Crippen LogP contribution in [0.5, 0.6) is 5.75 Å². The molecule has 0 spiro atoms. The van der Waals surface area contributed by atoms with Gasteiger partial charge in [0.25, 0.3) is 5.91 Å². The summed E-state index contributed by atoms with van der Waals surface area (Å²) in [5.74, 6) is 0.275. The van der Waals surface area contributed by atoms with Crippen LogP contribution in [0, 0.1) is 0 Å². The topological polar surface area (TPSA) is 50.4 Å². The van der Waals surface area contributed by atoms with E-state index in [9.17, 15) is 4.79 Å². The van der Waals surface area contributed by atoms with Crippen LogP contribution < -0.4 is 15.4 Å². The summed E-state index contributed by atoms with van der Waals surface area (Å²) in [5, 5.41) is 6.41. The van der Waals surface area contributed by atoms with Crippen LogP contribution in [0.4, 0.5) is 0 Å². The summed E-state index contributed by atoms with van der Waals surface area (Å²) < 4.78 is 5.13. The van der Waals surface area contributed by atoms with Crippen molar-refractivity contribution in [3.63, 3.8) is 0 Å². The van der Waals surface area contributed by atoms with E-state index in [2.05, 4.69) is 17.6 Å². The molecule has 0 bridgehead atoms. The minimum atomic E-state index is -0.212. The Bertz CT molecular complexity index is 400. The molecule has 1 aromatic rings. The zero-order valence-electron chi connectivity index (χ0n) is 11.2. The van der Waals surface area contributed by atoms with E-state index in [4.69, 9.17) is 16.3 Å². The number of hydrogen-bond acceptors (Lipinski definition) is 3. The monoisotopic (exact) mass is 306 g/mol. The standard InChI is InChI=1S/C13H19ClN2O2.ClH/c1-3-7-15-8-9-16-13(17)12-10(14)5-4-6-11(12)18-2;/h4-6,15H,3,7-9H2,1-2H3,(H,16,17);1H. The summed E-state index contributed by atoms with van der Waals surface area (Å²) in [6.07, 6.45) is 1.08. The number of halogens is 2. The van der Waals surface area contributed by atoms with Crippen molar-refractivity contribution in [3.8, 4) is 5.75 Å². The second kappa shape index (κ2) is 9.89. The molecule has 19 heavy (non-hydrogen) atoms. The first-order valence-corrected chi connectivity index (χ1v) is 6.40. The predicted molar refractivity (Wildman–Crippen MR) is 80.7 cm³/mol. The third kappa shape index (κ3) is 5.68. The van der Waals surface area contributed by atoms with Gasteiger partial charge in [-0.05, 0) is 25.1 Å². The maximum atomic E-state index is 12.0. The maximum Gasteiger partial charge on any atom is 0.256 e. The van der Waals surface area contributed by atoms with E-state index in [1.165, 1.54) is 7.11 Å². The number of nitrogens with one attached hydrogen (secondary N) is 2. The van der Waals surface area contributed by atoms with E-state index in [1.54, 1.807) is 18.2 Å². The minimum absolute atomic E-state index is 0. The van der Waals surface area contributed by atoms with Gasteiger partial charge < -0.3 is 15.4 Å². The fourth-order valence-electron chi connectivity index (χ4n) is 1.55. The molecule has 0 saturated heterocycles. The fourth-order valence-corrected chi connectivity index (χ4v) is 1.80. The van der Waals surface area contributed by atoms with Crippen LogP contribution in [-0.4, -0.2) is 32.7 Å². The van der Waals surface area contributed by atoms with Gasteiger partial charge in [0, 0.05) is 13.1 Å². The van der Waals surface area contributed by atoms with Crippen molar-refractivity contribution in [2.24, 2.45) is 0 Å². The first kappa shape index (κ1) is 18.0. The number of hydrogen-bond donors (Lipinski definition) is 2. The molecule has 1 rings (SSSR count). The zero-order valence-corrected chi connectivity index (χ0v) is 12.7. The quantitative estimate of drug-likeness (QED) is 0.761. The molecule has 0 atom stereocenters. The van der Waals surface area contributed by atoms with Crippen LogP contribution in [0.2, 0.25) is 5.02 Å². The molecular weight excluding hydrogens is 287 g/mol. The van der Waals surface area contributed by atoms with Crippen molar-refractivity contribution in [1.29, 1.82) is 0 Å². The number of rotatable bonds is 7. The summed E-state index contributed by atoms with van der Waals surface area (Å²) in [4.78, 5) is 12.0. The summed E-state index contributed by atoms with van der Waals surface area (Å²) in [6, 6.07) is 5.14. The number of amides is 1. The Labute approximate surface area is 125 Å². The highest BCUT2D eigenvalue weighted by atomic mass is 35.5. The first-order chi connectivity index (χ1) is 8.70. The predicted octanol–water partition coefficient (Wildman–Crippen LogP) is 2.50. The second-order valence-electron chi connectivity index (χ2n) is 3.82. The number of methoxy groups -OCH3 is 1. The molecule has 0 aliphatic rings. The minimum Gasteiger partial charge on any atom is -0.496 e. The van der Waals surface area contributed by atoms with Crippen LogP contribution in [0.3, 0.4) is 0 Å². The Balaban J connectivity index is 0.00000324. The van der Waals surface area contributed by atoms with E-state index in [0.29, 0.717) is 22.9 Å². The highest BCUT2D eigenvalue weighted by molar-refractivity contribution is 6.34. The third-order valence-electron chi connectivity index (χ3n) is 2.44. The van der Waals surface area contributed by atoms with Crippen molar-refractivity contribution in [1.82, 2.24) is 10.6 Å². The van der Waals surface area contributed by atoms with Gasteiger partial charge in [-0.1, -0.05) is 24.6 Å². The SMILES string of the molecule is CCCNCCNC(=O)c1c(Cl)cccc1OC.Cl. The normalized spacial score (nSPS) is 9.63. The van der Waals surface area contributed by atoms with Gasteiger partial charge in [0.2, 0.25) is 0 Å². The van der Waals surface area contributed by atoms with Crippen LogP contribution in [-0.2, 0) is 0 Å². The van der Waals surface area contributed by atoms with Crippen LogP contribution in [0.1, 0.15) is 23.7 Å². The van der Waals surface area contributed by atoms with Crippen LogP contribution >= 0.6 is 24.0 Å². The lowest BCUT2D eigenvalue weighted by atomic mass is 10.2. The summed E-state index contributed by atoms with van der Waals surface area (Å²) in [7, 11) is 1.52. The van der Waals surface area contributed by atoms with Gasteiger partial charge in [0.1, 0.15) is 5.75 Å². The van der Waals surface area contributed by atoms with E-state index in [1.807, 2.05) is 0 Å². The molecule has 0 fully saturated rings. The largest absolute Gasteiger partial charge is 0.496 e. The lowest BCUT2D eigenvalue weighted by molar-refractivity contribution is 0.0951. The molecule has 2 N–H and O–H groups in total. The van der Waals surface area contributed by atoms with Crippen molar-refractivity contribution in [3.05, 3.63) is 28.8 Å². The van der Waals surface area contributed by atoms with Crippen LogP contribution in [0.15, 0.2) is 18.2 Å². The van der Waals surface area contributed by atoms with Crippen molar-refractivity contribution < 1.29 is 9.53 Å². The Morgan fingerprint density at radius 2 is 2.05 bits per heavy atom. The molecule has 0 radical (unpaired) electrons. The maximum absolute atomic E-state index is 12.0. The number of benzene rings is 1. The molecular formula is C13H20Cl2N2O2. The number of carbonyl (C=O) groups excluding carboxylic acids is 1. The van der Waals surface area contributed by atoms with E-state index < -0.39 is 0 Å². The molecule has 6 heteroatoms. The fraction of sp³-hybridized carbons (Fsp3) is 0.462. The van der Waals surface area contributed by atoms with E-state index >= 15 is 0 Å². The molecule has 0 saturated carbocycles. The van der Waals surface area contributed by atoms with Gasteiger partial charge in [-0.25, -0.2) is 0 Å². The molecule has 0 aromatic heterocycles. The molecule has 1 amide bonds. The first-order valence-electron chi connectivity index (χ1n) is 6.02. The Hall–Kier alpha value is -0.970. The number of ether oxygens (including phenoxy) is 1. The molecule has 108 valence electrons. The lowest BCUT2D eigenvalue weighted by Gasteiger charge is -2.11. The van der Waals surface area contributed by atoms with Gasteiger partial charge in [0.05, 0.1) is 17.7 Å². The third-order valence-corrected chi connectivity index (χ3v) is 2.75. The molecule has 0 unspecified atom stereocenters. The van der Waals surface area contributed by atoms with E-state index in [0.717, 1.165) is 19.5 Å². The lowest BCUT2D eigenvalue weighted by Crippen LogP contribution is -2.32. The van der Waals surface area contributed by atoms with Crippen molar-refractivity contribution >= 4 is 29.9 Å². The highest BCUT2D eigenvalue weighted by Gasteiger charge is 2.15. The van der Waals surface area contributed by atoms with Crippen molar-refractivity contribution in [2.45, 2.75) is 13.3 Å². The number of carbonyl (C=O) groups is 1. The average molecular weight is 307 g/mol. The van der Waals surface area contributed by atoms with Gasteiger partial charge in [-0.15, -0.1) is 12.4 Å². The smallest absolute Gasteiger partial charge is 0.256 e. The van der Waals surface area contributed by atoms with E-state index in [-0.39, 0.29) is 18.3 Å². The summed E-state index contributed by atoms with van der Waals surface area (Å²) in [5.41, 5.74) is 0.386. The Morgan fingerprint density at radius 1 is 1.32 bits per heavy atom. The average Bonchev–Trinajstić information content (AvgIpc) is 2.37. The van der Waals surface area contributed by atoms with Gasteiger partial charge >= 0.3 is 0 Å². The zero-order chi connectivity index (χ0) is 13.4. The molecule has 0 aliphatic heterocycles. The van der Waals surface area contributed by atoms with Crippen LogP contribution in [0.25, 0.3) is 0 Å². The van der Waals surface area contributed by atoms with Gasteiger partial charge in [-0.3, -0.25) is 4.79 Å². The van der Waals surface area contributed by atoms with Crippen molar-refractivity contribution in [2.75, 3.05) is 26.7 Å².